The van der Waals surface area contributed by atoms with Crippen molar-refractivity contribution < 1.29 is 0 Å². The lowest BCUT2D eigenvalue weighted by atomic mass is 10.1. The number of nitrogens with one attached hydrogen (secondary N) is 1. The van der Waals surface area contributed by atoms with Gasteiger partial charge in [-0.15, -0.1) is 11.3 Å². The molecule has 1 aromatic heterocycles. The number of nitrogens with zero attached hydrogens (tertiary/aromatic N) is 1. The number of hydrogen-bond donors (Lipinski definition) is 2. The maximum absolute atomic E-state index is 5.57. The molecule has 0 saturated heterocycles. The number of hydrogen-bond acceptors (Lipinski definition) is 4. The summed E-state index contributed by atoms with van der Waals surface area (Å²) >= 11 is 6.60. The molecule has 1 heterocycles. The van der Waals surface area contributed by atoms with Gasteiger partial charge >= 0.3 is 0 Å². The van der Waals surface area contributed by atoms with Crippen molar-refractivity contribution in [2.24, 2.45) is 5.73 Å². The molecule has 1 atom stereocenters. The topological polar surface area (TPSA) is 50.9 Å². The molecular weight excluding hydrogens is 262 g/mol. The first-order valence-corrected chi connectivity index (χ1v) is 7.05. The molecule has 0 spiro atoms. The molecule has 5 heteroatoms. The first-order chi connectivity index (χ1) is 8.70. The lowest BCUT2D eigenvalue weighted by Crippen LogP contribution is -2.11. The lowest BCUT2D eigenvalue weighted by molar-refractivity contribution is 0.742. The molecule has 2 aromatic rings. The third-order valence-electron chi connectivity index (χ3n) is 2.67. The van der Waals surface area contributed by atoms with Crippen LogP contribution in [0.3, 0.4) is 0 Å². The molecule has 0 saturated carbocycles. The summed E-state index contributed by atoms with van der Waals surface area (Å²) < 4.78 is 0. The van der Waals surface area contributed by atoms with Gasteiger partial charge in [-0.3, -0.25) is 0 Å². The summed E-state index contributed by atoms with van der Waals surface area (Å²) in [5, 5.41) is 6.56. The maximum atomic E-state index is 5.57. The molecule has 0 bridgehead atoms. The van der Waals surface area contributed by atoms with Crippen LogP contribution >= 0.6 is 23.6 Å². The molecule has 3 nitrogen and oxygen atoms in total. The van der Waals surface area contributed by atoms with E-state index in [-0.39, 0.29) is 6.04 Å². The average molecular weight is 277 g/mol. The van der Waals surface area contributed by atoms with Crippen molar-refractivity contribution >= 4 is 34.2 Å². The van der Waals surface area contributed by atoms with Crippen LogP contribution in [0.2, 0.25) is 0 Å². The standard InChI is InChI=1S/C13H15N3S2/c1-2-11(13-15-7-8-18-13)16-10-5-3-9(4-6-10)12(14)17/h3-8,11,16H,2H2,1H3,(H2,14,17). The molecule has 18 heavy (non-hydrogen) atoms. The van der Waals surface area contributed by atoms with Crippen LogP contribution in [0.1, 0.15) is 30.0 Å². The van der Waals surface area contributed by atoms with Gasteiger partial charge in [0.25, 0.3) is 0 Å². The molecule has 1 aromatic carbocycles. The van der Waals surface area contributed by atoms with Crippen LogP contribution in [0.15, 0.2) is 35.8 Å². The van der Waals surface area contributed by atoms with Gasteiger partial charge in [-0.25, -0.2) is 4.98 Å². The summed E-state index contributed by atoms with van der Waals surface area (Å²) in [4.78, 5) is 4.77. The predicted molar refractivity (Wildman–Crippen MR) is 81.1 cm³/mol. The van der Waals surface area contributed by atoms with Crippen molar-refractivity contribution in [3.05, 3.63) is 46.4 Å². The second kappa shape index (κ2) is 5.93. The molecule has 3 N–H and O–H groups in total. The Morgan fingerprint density at radius 3 is 2.67 bits per heavy atom. The van der Waals surface area contributed by atoms with E-state index in [9.17, 15) is 0 Å². The van der Waals surface area contributed by atoms with Gasteiger partial charge in [0.1, 0.15) is 10.00 Å². The molecule has 0 aliphatic carbocycles. The van der Waals surface area contributed by atoms with E-state index in [1.165, 1.54) is 0 Å². The van der Waals surface area contributed by atoms with Gasteiger partial charge in [-0.2, -0.15) is 0 Å². The molecular formula is C13H15N3S2. The maximum Gasteiger partial charge on any atom is 0.115 e. The summed E-state index contributed by atoms with van der Waals surface area (Å²) in [5.74, 6) is 0. The van der Waals surface area contributed by atoms with Gasteiger partial charge in [-0.1, -0.05) is 19.1 Å². The van der Waals surface area contributed by atoms with Crippen molar-refractivity contribution in [1.82, 2.24) is 4.98 Å². The van der Waals surface area contributed by atoms with Crippen molar-refractivity contribution in [3.8, 4) is 0 Å². The summed E-state index contributed by atoms with van der Waals surface area (Å²) in [6.45, 7) is 2.14. The van der Waals surface area contributed by atoms with Gasteiger partial charge < -0.3 is 11.1 Å². The Bertz CT molecular complexity index is 506. The summed E-state index contributed by atoms with van der Waals surface area (Å²) in [7, 11) is 0. The van der Waals surface area contributed by atoms with E-state index >= 15 is 0 Å². The van der Waals surface area contributed by atoms with Crippen LogP contribution in [0.4, 0.5) is 5.69 Å². The Kier molecular flexibility index (Phi) is 4.28. The highest BCUT2D eigenvalue weighted by atomic mass is 32.1. The molecule has 2 rings (SSSR count). The fourth-order valence-electron chi connectivity index (χ4n) is 1.68. The smallest absolute Gasteiger partial charge is 0.115 e. The van der Waals surface area contributed by atoms with Crippen molar-refractivity contribution in [2.45, 2.75) is 19.4 Å². The van der Waals surface area contributed by atoms with Crippen molar-refractivity contribution in [1.29, 1.82) is 0 Å². The van der Waals surface area contributed by atoms with Gasteiger partial charge in [-0.05, 0) is 30.7 Å². The zero-order valence-electron chi connectivity index (χ0n) is 10.1. The van der Waals surface area contributed by atoms with Crippen LogP contribution < -0.4 is 11.1 Å². The van der Waals surface area contributed by atoms with Crippen LogP contribution in [0, 0.1) is 0 Å². The molecule has 0 fully saturated rings. The normalized spacial score (nSPS) is 12.1. The number of anilines is 1. The highest BCUT2D eigenvalue weighted by Gasteiger charge is 2.11. The Hall–Kier alpha value is -1.46. The average Bonchev–Trinajstić information content (AvgIpc) is 2.90. The summed E-state index contributed by atoms with van der Waals surface area (Å²) in [5.41, 5.74) is 7.51. The Balaban J connectivity index is 2.10. The van der Waals surface area contributed by atoms with Gasteiger partial charge in [0.15, 0.2) is 0 Å². The molecule has 1 unspecified atom stereocenters. The van der Waals surface area contributed by atoms with Gasteiger partial charge in [0, 0.05) is 22.8 Å². The van der Waals surface area contributed by atoms with E-state index in [1.54, 1.807) is 11.3 Å². The molecule has 0 aliphatic rings. The van der Waals surface area contributed by atoms with Gasteiger partial charge in [0.05, 0.1) is 6.04 Å². The van der Waals surface area contributed by atoms with Crippen LogP contribution in [0.5, 0.6) is 0 Å². The fourth-order valence-corrected chi connectivity index (χ4v) is 2.59. The SMILES string of the molecule is CCC(Nc1ccc(C(N)=S)cc1)c1nccs1. The van der Waals surface area contributed by atoms with Crippen LogP contribution in [0.25, 0.3) is 0 Å². The van der Waals surface area contributed by atoms with Crippen LogP contribution in [-0.4, -0.2) is 9.97 Å². The van der Waals surface area contributed by atoms with E-state index in [0.717, 1.165) is 22.7 Å². The monoisotopic (exact) mass is 277 g/mol. The first kappa shape index (κ1) is 13.0. The second-order valence-electron chi connectivity index (χ2n) is 3.92. The van der Waals surface area contributed by atoms with E-state index in [2.05, 4.69) is 17.2 Å². The number of benzene rings is 1. The zero-order chi connectivity index (χ0) is 13.0. The molecule has 94 valence electrons. The minimum Gasteiger partial charge on any atom is -0.389 e. The summed E-state index contributed by atoms with van der Waals surface area (Å²) in [6, 6.07) is 8.09. The number of nitrogens with two attached hydrogens (primary N) is 1. The minimum absolute atomic E-state index is 0.251. The first-order valence-electron chi connectivity index (χ1n) is 5.76. The quantitative estimate of drug-likeness (QED) is 0.823. The predicted octanol–water partition coefficient (Wildman–Crippen LogP) is 3.34. The molecule has 0 amide bonds. The van der Waals surface area contributed by atoms with Crippen LogP contribution in [-0.2, 0) is 0 Å². The molecule has 0 radical (unpaired) electrons. The third-order valence-corrected chi connectivity index (χ3v) is 3.79. The number of rotatable bonds is 5. The van der Waals surface area contributed by atoms with E-state index < -0.39 is 0 Å². The van der Waals surface area contributed by atoms with E-state index in [1.807, 2.05) is 35.8 Å². The van der Waals surface area contributed by atoms with E-state index in [0.29, 0.717) is 4.99 Å². The number of thiazole rings is 1. The minimum atomic E-state index is 0.251. The molecule has 0 aliphatic heterocycles. The second-order valence-corrected chi connectivity index (χ2v) is 5.28. The largest absolute Gasteiger partial charge is 0.389 e. The van der Waals surface area contributed by atoms with Crippen molar-refractivity contribution in [2.75, 3.05) is 5.32 Å². The van der Waals surface area contributed by atoms with Crippen molar-refractivity contribution in [3.63, 3.8) is 0 Å². The zero-order valence-corrected chi connectivity index (χ0v) is 11.7. The Labute approximate surface area is 116 Å². The highest BCUT2D eigenvalue weighted by Crippen LogP contribution is 2.24. The Morgan fingerprint density at radius 1 is 1.44 bits per heavy atom. The number of aromatic nitrogens is 1. The summed E-state index contributed by atoms with van der Waals surface area (Å²) in [6.07, 6.45) is 2.82. The highest BCUT2D eigenvalue weighted by molar-refractivity contribution is 7.80. The van der Waals surface area contributed by atoms with Gasteiger partial charge in [0.2, 0.25) is 0 Å². The third kappa shape index (κ3) is 3.05. The lowest BCUT2D eigenvalue weighted by Gasteiger charge is -2.16. The van der Waals surface area contributed by atoms with E-state index in [4.69, 9.17) is 18.0 Å². The number of thiocarbonyl (C=S) groups is 1. The fraction of sp³-hybridized carbons (Fsp3) is 0.231. The Morgan fingerprint density at radius 2 is 2.17 bits per heavy atom.